The third-order valence-corrected chi connectivity index (χ3v) is 2.25. The molecule has 1 aromatic carbocycles. The predicted molar refractivity (Wildman–Crippen MR) is 50.3 cm³/mol. The smallest absolute Gasteiger partial charge is 0.205 e. The van der Waals surface area contributed by atoms with E-state index >= 15 is 0 Å². The van der Waals surface area contributed by atoms with Crippen LogP contribution in [0.1, 0.15) is 5.56 Å². The molecule has 0 radical (unpaired) electrons. The van der Waals surface area contributed by atoms with Crippen LogP contribution in [-0.4, -0.2) is 0 Å². The summed E-state index contributed by atoms with van der Waals surface area (Å²) < 4.78 is 0. The molecule has 0 unspecified atom stereocenters. The highest BCUT2D eigenvalue weighted by Crippen LogP contribution is 2.26. The van der Waals surface area contributed by atoms with E-state index in [2.05, 4.69) is 20.8 Å². The van der Waals surface area contributed by atoms with Crippen LogP contribution in [-0.2, 0) is 5.33 Å². The highest BCUT2D eigenvalue weighted by molar-refractivity contribution is 9.08. The summed E-state index contributed by atoms with van der Waals surface area (Å²) in [5, 5.41) is 1.27. The Hall–Kier alpha value is -0.520. The summed E-state index contributed by atoms with van der Waals surface area (Å²) in [5.41, 5.74) is 1.59. The van der Waals surface area contributed by atoms with Crippen molar-refractivity contribution in [3.63, 3.8) is 0 Å². The first kappa shape index (κ1) is 8.58. The number of nitrogens with zero attached hydrogens (tertiary/aromatic N) is 1. The Kier molecular flexibility index (Phi) is 2.92. The van der Waals surface area contributed by atoms with Crippen LogP contribution in [0.25, 0.3) is 4.85 Å². The Morgan fingerprint density at radius 2 is 2.27 bits per heavy atom. The van der Waals surface area contributed by atoms with Gasteiger partial charge in [-0.05, 0) is 5.56 Å². The molecule has 0 saturated carbocycles. The standard InChI is InChI=1S/C8H5BrClN/c1-11-8-4-6(5-9)2-3-7(8)10/h2-4H,5H2. The number of rotatable bonds is 1. The molecule has 1 aromatic rings. The molecule has 1 rings (SSSR count). The summed E-state index contributed by atoms with van der Waals surface area (Å²) in [6, 6.07) is 5.42. The number of benzene rings is 1. The van der Waals surface area contributed by atoms with Crippen molar-refractivity contribution in [2.45, 2.75) is 5.33 Å². The van der Waals surface area contributed by atoms with E-state index < -0.39 is 0 Å². The lowest BCUT2D eigenvalue weighted by Gasteiger charge is -1.97. The minimum atomic E-state index is 0.517. The third kappa shape index (κ3) is 1.95. The average Bonchev–Trinajstić information content (AvgIpc) is 2.05. The van der Waals surface area contributed by atoms with Gasteiger partial charge in [-0.25, -0.2) is 4.85 Å². The summed E-state index contributed by atoms with van der Waals surface area (Å²) in [4.78, 5) is 3.28. The van der Waals surface area contributed by atoms with Gasteiger partial charge in [0, 0.05) is 10.4 Å². The molecule has 0 atom stereocenters. The molecule has 0 heterocycles. The van der Waals surface area contributed by atoms with E-state index in [-0.39, 0.29) is 0 Å². The van der Waals surface area contributed by atoms with Crippen molar-refractivity contribution in [3.05, 3.63) is 40.2 Å². The van der Waals surface area contributed by atoms with E-state index in [1.165, 1.54) is 0 Å². The molecular formula is C8H5BrClN. The number of halogens is 2. The molecule has 0 bridgehead atoms. The Labute approximate surface area is 78.9 Å². The van der Waals surface area contributed by atoms with Crippen LogP contribution in [0.3, 0.4) is 0 Å². The summed E-state index contributed by atoms with van der Waals surface area (Å²) in [6.07, 6.45) is 0. The van der Waals surface area contributed by atoms with Crippen LogP contribution in [0.4, 0.5) is 5.69 Å². The van der Waals surface area contributed by atoms with E-state index in [1.54, 1.807) is 12.1 Å². The molecule has 0 aromatic heterocycles. The Bertz CT molecular complexity index is 303. The van der Waals surface area contributed by atoms with E-state index in [9.17, 15) is 0 Å². The monoisotopic (exact) mass is 229 g/mol. The van der Waals surface area contributed by atoms with Crippen molar-refractivity contribution in [1.82, 2.24) is 0 Å². The molecule has 0 amide bonds. The molecule has 56 valence electrons. The zero-order chi connectivity index (χ0) is 8.27. The fraction of sp³-hybridized carbons (Fsp3) is 0.125. The fourth-order valence-corrected chi connectivity index (χ4v) is 1.24. The van der Waals surface area contributed by atoms with Gasteiger partial charge >= 0.3 is 0 Å². The maximum absolute atomic E-state index is 6.78. The normalized spacial score (nSPS) is 9.18. The van der Waals surface area contributed by atoms with Crippen molar-refractivity contribution in [2.24, 2.45) is 0 Å². The second-order valence-corrected chi connectivity index (χ2v) is 3.00. The van der Waals surface area contributed by atoms with Gasteiger partial charge in [-0.2, -0.15) is 0 Å². The lowest BCUT2D eigenvalue weighted by atomic mass is 10.2. The molecule has 1 nitrogen and oxygen atoms in total. The first-order chi connectivity index (χ1) is 5.27. The molecule has 0 aliphatic rings. The molecular weight excluding hydrogens is 225 g/mol. The lowest BCUT2D eigenvalue weighted by molar-refractivity contribution is 1.45. The molecule has 0 fully saturated rings. The number of hydrogen-bond acceptors (Lipinski definition) is 0. The second-order valence-electron chi connectivity index (χ2n) is 2.03. The van der Waals surface area contributed by atoms with Gasteiger partial charge in [-0.15, -0.1) is 0 Å². The van der Waals surface area contributed by atoms with E-state index in [1.807, 2.05) is 6.07 Å². The molecule has 0 N–H and O–H groups in total. The quantitative estimate of drug-likeness (QED) is 0.511. The lowest BCUT2D eigenvalue weighted by Crippen LogP contribution is -1.75. The topological polar surface area (TPSA) is 4.36 Å². The number of hydrogen-bond donors (Lipinski definition) is 0. The molecule has 3 heteroatoms. The summed E-state index contributed by atoms with van der Waals surface area (Å²) in [5.74, 6) is 0. The Morgan fingerprint density at radius 1 is 1.55 bits per heavy atom. The fourth-order valence-electron chi connectivity index (χ4n) is 0.727. The molecule has 11 heavy (non-hydrogen) atoms. The van der Waals surface area contributed by atoms with Crippen LogP contribution in [0.15, 0.2) is 18.2 Å². The van der Waals surface area contributed by atoms with Gasteiger partial charge in [0.2, 0.25) is 5.69 Å². The van der Waals surface area contributed by atoms with Gasteiger partial charge in [0.25, 0.3) is 0 Å². The number of alkyl halides is 1. The highest BCUT2D eigenvalue weighted by Gasteiger charge is 1.99. The Balaban J connectivity index is 3.15. The van der Waals surface area contributed by atoms with Gasteiger partial charge in [0.05, 0.1) is 6.57 Å². The van der Waals surface area contributed by atoms with E-state index in [4.69, 9.17) is 18.2 Å². The summed E-state index contributed by atoms with van der Waals surface area (Å²) in [6.45, 7) is 6.78. The minimum Gasteiger partial charge on any atom is -0.237 e. The van der Waals surface area contributed by atoms with Crippen molar-refractivity contribution in [3.8, 4) is 0 Å². The van der Waals surface area contributed by atoms with E-state index in [0.717, 1.165) is 10.9 Å². The minimum absolute atomic E-state index is 0.517. The van der Waals surface area contributed by atoms with Crippen molar-refractivity contribution >= 4 is 33.2 Å². The predicted octanol–water partition coefficient (Wildman–Crippen LogP) is 3.79. The molecule has 0 aliphatic heterocycles. The van der Waals surface area contributed by atoms with Crippen LogP contribution in [0.2, 0.25) is 5.02 Å². The van der Waals surface area contributed by atoms with Crippen molar-refractivity contribution in [1.29, 1.82) is 0 Å². The first-order valence-corrected chi connectivity index (χ1v) is 4.49. The maximum Gasteiger partial charge on any atom is 0.205 e. The van der Waals surface area contributed by atoms with Crippen molar-refractivity contribution in [2.75, 3.05) is 0 Å². The molecule has 0 saturated heterocycles. The third-order valence-electron chi connectivity index (χ3n) is 1.29. The van der Waals surface area contributed by atoms with Gasteiger partial charge < -0.3 is 0 Å². The zero-order valence-corrected chi connectivity index (χ0v) is 7.98. The van der Waals surface area contributed by atoms with Gasteiger partial charge in [0.1, 0.15) is 0 Å². The first-order valence-electron chi connectivity index (χ1n) is 3.00. The van der Waals surface area contributed by atoms with Crippen LogP contribution >= 0.6 is 27.5 Å². The summed E-state index contributed by atoms with van der Waals surface area (Å²) >= 11 is 9.02. The van der Waals surface area contributed by atoms with Crippen LogP contribution in [0.5, 0.6) is 0 Å². The van der Waals surface area contributed by atoms with Gasteiger partial charge in [-0.3, -0.25) is 0 Å². The Morgan fingerprint density at radius 3 is 2.82 bits per heavy atom. The van der Waals surface area contributed by atoms with E-state index in [0.29, 0.717) is 10.7 Å². The van der Waals surface area contributed by atoms with Gasteiger partial charge in [0.15, 0.2) is 0 Å². The van der Waals surface area contributed by atoms with Crippen LogP contribution < -0.4 is 0 Å². The largest absolute Gasteiger partial charge is 0.237 e. The average molecular weight is 230 g/mol. The van der Waals surface area contributed by atoms with Crippen molar-refractivity contribution < 1.29 is 0 Å². The highest BCUT2D eigenvalue weighted by atomic mass is 79.9. The SMILES string of the molecule is [C-]#[N+]c1cc(CBr)ccc1Cl. The van der Waals surface area contributed by atoms with Gasteiger partial charge in [-0.1, -0.05) is 45.7 Å². The second kappa shape index (κ2) is 3.75. The molecule has 0 aliphatic carbocycles. The zero-order valence-electron chi connectivity index (χ0n) is 5.64. The molecule has 0 spiro atoms. The van der Waals surface area contributed by atoms with Crippen LogP contribution in [0, 0.1) is 6.57 Å². The maximum atomic E-state index is 6.78. The summed E-state index contributed by atoms with van der Waals surface area (Å²) in [7, 11) is 0.